The molecule has 0 heterocycles. The second kappa shape index (κ2) is 6.00. The van der Waals surface area contributed by atoms with Gasteiger partial charge in [0, 0.05) is 26.1 Å². The van der Waals surface area contributed by atoms with Crippen molar-refractivity contribution >= 4 is 5.91 Å². The average molecular weight is 172 g/mol. The van der Waals surface area contributed by atoms with E-state index >= 15 is 0 Å². The van der Waals surface area contributed by atoms with Crippen LogP contribution in [0, 0.1) is 0 Å². The zero-order chi connectivity index (χ0) is 9.56. The molecule has 0 spiro atoms. The van der Waals surface area contributed by atoms with Crippen LogP contribution in [0.5, 0.6) is 0 Å². The Hall–Kier alpha value is -0.570. The SMILES string of the molecule is CCN(CC)C(=O)CCN(C)C. The third kappa shape index (κ3) is 4.34. The Balaban J connectivity index is 3.69. The number of hydrogen-bond acceptors (Lipinski definition) is 2. The Morgan fingerprint density at radius 1 is 1.17 bits per heavy atom. The molecule has 72 valence electrons. The maximum Gasteiger partial charge on any atom is 0.223 e. The molecule has 0 aliphatic rings. The van der Waals surface area contributed by atoms with E-state index < -0.39 is 0 Å². The molecule has 0 saturated carbocycles. The van der Waals surface area contributed by atoms with Crippen LogP contribution in [0.4, 0.5) is 0 Å². The Kier molecular flexibility index (Phi) is 5.72. The largest absolute Gasteiger partial charge is 0.343 e. The quantitative estimate of drug-likeness (QED) is 0.612. The van der Waals surface area contributed by atoms with Crippen LogP contribution in [0.2, 0.25) is 0 Å². The summed E-state index contributed by atoms with van der Waals surface area (Å²) in [7, 11) is 3.96. The summed E-state index contributed by atoms with van der Waals surface area (Å²) < 4.78 is 0. The van der Waals surface area contributed by atoms with Gasteiger partial charge >= 0.3 is 0 Å². The van der Waals surface area contributed by atoms with E-state index in [2.05, 4.69) is 0 Å². The van der Waals surface area contributed by atoms with E-state index in [4.69, 9.17) is 0 Å². The zero-order valence-electron chi connectivity index (χ0n) is 8.63. The van der Waals surface area contributed by atoms with Crippen molar-refractivity contribution < 1.29 is 4.79 Å². The van der Waals surface area contributed by atoms with Crippen molar-refractivity contribution in [3.63, 3.8) is 0 Å². The van der Waals surface area contributed by atoms with Gasteiger partial charge < -0.3 is 9.80 Å². The van der Waals surface area contributed by atoms with Crippen LogP contribution in [0.15, 0.2) is 0 Å². The van der Waals surface area contributed by atoms with Gasteiger partial charge in [0.15, 0.2) is 0 Å². The van der Waals surface area contributed by atoms with Crippen LogP contribution in [0.1, 0.15) is 20.3 Å². The van der Waals surface area contributed by atoms with Gasteiger partial charge in [0.05, 0.1) is 0 Å². The van der Waals surface area contributed by atoms with E-state index in [1.165, 1.54) is 0 Å². The number of carbonyl (C=O) groups excluding carboxylic acids is 1. The molecule has 0 aromatic heterocycles. The maximum atomic E-state index is 11.4. The fraction of sp³-hybridized carbons (Fsp3) is 0.889. The fourth-order valence-corrected chi connectivity index (χ4v) is 1.05. The molecule has 0 aromatic rings. The first-order chi connectivity index (χ1) is 5.61. The molecular weight excluding hydrogens is 152 g/mol. The van der Waals surface area contributed by atoms with Crippen LogP contribution in [-0.4, -0.2) is 49.4 Å². The minimum Gasteiger partial charge on any atom is -0.343 e. The van der Waals surface area contributed by atoms with E-state index in [0.29, 0.717) is 6.42 Å². The Bertz CT molecular complexity index is 130. The Morgan fingerprint density at radius 2 is 1.67 bits per heavy atom. The summed E-state index contributed by atoms with van der Waals surface area (Å²) in [5.74, 6) is 0.258. The minimum absolute atomic E-state index is 0.258. The molecular formula is C9H20N2O. The van der Waals surface area contributed by atoms with Gasteiger partial charge in [-0.15, -0.1) is 0 Å². The number of hydrogen-bond donors (Lipinski definition) is 0. The van der Waals surface area contributed by atoms with E-state index in [1.54, 1.807) is 0 Å². The van der Waals surface area contributed by atoms with Gasteiger partial charge in [0.2, 0.25) is 5.91 Å². The molecule has 3 heteroatoms. The molecule has 0 atom stereocenters. The van der Waals surface area contributed by atoms with Crippen LogP contribution in [0.25, 0.3) is 0 Å². The molecule has 3 nitrogen and oxygen atoms in total. The van der Waals surface area contributed by atoms with Crippen molar-refractivity contribution in [1.82, 2.24) is 9.80 Å². The molecule has 0 N–H and O–H groups in total. The molecule has 0 rings (SSSR count). The van der Waals surface area contributed by atoms with Gasteiger partial charge in [-0.1, -0.05) is 0 Å². The average Bonchev–Trinajstić information content (AvgIpc) is 2.03. The molecule has 0 aromatic carbocycles. The topological polar surface area (TPSA) is 23.6 Å². The molecule has 0 bridgehead atoms. The standard InChI is InChI=1S/C9H20N2O/c1-5-11(6-2)9(12)7-8-10(3)4/h5-8H2,1-4H3. The number of rotatable bonds is 5. The monoisotopic (exact) mass is 172 g/mol. The van der Waals surface area contributed by atoms with Crippen LogP contribution in [-0.2, 0) is 4.79 Å². The molecule has 0 fully saturated rings. The van der Waals surface area contributed by atoms with Gasteiger partial charge in [0.1, 0.15) is 0 Å². The lowest BCUT2D eigenvalue weighted by atomic mass is 10.3. The highest BCUT2D eigenvalue weighted by molar-refractivity contribution is 5.76. The van der Waals surface area contributed by atoms with Gasteiger partial charge in [-0.2, -0.15) is 0 Å². The number of nitrogens with zero attached hydrogens (tertiary/aromatic N) is 2. The zero-order valence-corrected chi connectivity index (χ0v) is 8.63. The molecule has 12 heavy (non-hydrogen) atoms. The van der Waals surface area contributed by atoms with Crippen molar-refractivity contribution in [1.29, 1.82) is 0 Å². The van der Waals surface area contributed by atoms with Crippen LogP contribution < -0.4 is 0 Å². The summed E-state index contributed by atoms with van der Waals surface area (Å²) in [6.07, 6.45) is 0.634. The lowest BCUT2D eigenvalue weighted by Gasteiger charge is -2.19. The first-order valence-corrected chi connectivity index (χ1v) is 4.54. The summed E-state index contributed by atoms with van der Waals surface area (Å²) >= 11 is 0. The summed E-state index contributed by atoms with van der Waals surface area (Å²) in [6, 6.07) is 0. The van der Waals surface area contributed by atoms with E-state index in [9.17, 15) is 4.79 Å². The van der Waals surface area contributed by atoms with Crippen molar-refractivity contribution in [2.75, 3.05) is 33.7 Å². The van der Waals surface area contributed by atoms with E-state index in [-0.39, 0.29) is 5.91 Å². The second-order valence-corrected chi connectivity index (χ2v) is 3.12. The molecule has 0 aliphatic carbocycles. The molecule has 0 unspecified atom stereocenters. The third-order valence-corrected chi connectivity index (χ3v) is 1.89. The third-order valence-electron chi connectivity index (χ3n) is 1.89. The molecule has 0 saturated heterocycles. The maximum absolute atomic E-state index is 11.4. The lowest BCUT2D eigenvalue weighted by molar-refractivity contribution is -0.131. The first kappa shape index (κ1) is 11.4. The number of amides is 1. The van der Waals surface area contributed by atoms with Crippen molar-refractivity contribution in [2.45, 2.75) is 20.3 Å². The minimum atomic E-state index is 0.258. The summed E-state index contributed by atoms with van der Waals surface area (Å²) in [5.41, 5.74) is 0. The fourth-order valence-electron chi connectivity index (χ4n) is 1.05. The van der Waals surface area contributed by atoms with E-state index in [0.717, 1.165) is 19.6 Å². The smallest absolute Gasteiger partial charge is 0.223 e. The van der Waals surface area contributed by atoms with Crippen LogP contribution >= 0.6 is 0 Å². The van der Waals surface area contributed by atoms with E-state index in [1.807, 2.05) is 37.7 Å². The lowest BCUT2D eigenvalue weighted by Crippen LogP contribution is -2.32. The van der Waals surface area contributed by atoms with Crippen LogP contribution in [0.3, 0.4) is 0 Å². The van der Waals surface area contributed by atoms with Crippen molar-refractivity contribution in [3.8, 4) is 0 Å². The highest BCUT2D eigenvalue weighted by Gasteiger charge is 2.08. The van der Waals surface area contributed by atoms with Gasteiger partial charge in [-0.25, -0.2) is 0 Å². The van der Waals surface area contributed by atoms with Gasteiger partial charge in [0.25, 0.3) is 0 Å². The first-order valence-electron chi connectivity index (χ1n) is 4.54. The number of carbonyl (C=O) groups is 1. The molecule has 1 amide bonds. The second-order valence-electron chi connectivity index (χ2n) is 3.12. The highest BCUT2D eigenvalue weighted by Crippen LogP contribution is 1.94. The Labute approximate surface area is 75.3 Å². The predicted octanol–water partition coefficient (Wildman–Crippen LogP) is 0.806. The summed E-state index contributed by atoms with van der Waals surface area (Å²) in [5, 5.41) is 0. The predicted molar refractivity (Wildman–Crippen MR) is 51.1 cm³/mol. The van der Waals surface area contributed by atoms with Crippen molar-refractivity contribution in [2.24, 2.45) is 0 Å². The van der Waals surface area contributed by atoms with Gasteiger partial charge in [-0.3, -0.25) is 4.79 Å². The van der Waals surface area contributed by atoms with Crippen molar-refractivity contribution in [3.05, 3.63) is 0 Å². The summed E-state index contributed by atoms with van der Waals surface area (Å²) in [4.78, 5) is 15.3. The van der Waals surface area contributed by atoms with Gasteiger partial charge in [-0.05, 0) is 27.9 Å². The molecule has 0 radical (unpaired) electrons. The summed E-state index contributed by atoms with van der Waals surface area (Å²) in [6.45, 7) is 6.51. The highest BCUT2D eigenvalue weighted by atomic mass is 16.2. The normalized spacial score (nSPS) is 10.4. The molecule has 0 aliphatic heterocycles. The Morgan fingerprint density at radius 3 is 2.00 bits per heavy atom.